The summed E-state index contributed by atoms with van der Waals surface area (Å²) < 4.78 is 45.1. The van der Waals surface area contributed by atoms with E-state index in [4.69, 9.17) is 4.74 Å². The number of nitrogens with zero attached hydrogens (tertiary/aromatic N) is 1. The first kappa shape index (κ1) is 24.0. The minimum Gasteiger partial charge on any atom is -0.381 e. The van der Waals surface area contributed by atoms with Crippen molar-refractivity contribution < 1.29 is 22.7 Å². The van der Waals surface area contributed by atoms with E-state index in [2.05, 4.69) is 20.9 Å². The topological polar surface area (TPSA) is 74.8 Å². The Balaban J connectivity index is 2.10. The Kier molecular flexibility index (Phi) is 7.74. The number of nitrogens with one attached hydrogen (secondary N) is 3. The number of hydrogen-bond acceptors (Lipinski definition) is 3. The number of halogens is 3. The van der Waals surface area contributed by atoms with Crippen molar-refractivity contribution in [2.75, 3.05) is 33.4 Å². The molecule has 9 heteroatoms. The van der Waals surface area contributed by atoms with Crippen LogP contribution in [0.4, 0.5) is 13.2 Å². The monoisotopic (exact) mass is 428 g/mol. The van der Waals surface area contributed by atoms with Gasteiger partial charge in [-0.25, -0.2) is 0 Å². The highest BCUT2D eigenvalue weighted by molar-refractivity contribution is 5.86. The van der Waals surface area contributed by atoms with Gasteiger partial charge in [-0.1, -0.05) is 18.2 Å². The first-order valence-corrected chi connectivity index (χ1v) is 9.96. The second-order valence-corrected chi connectivity index (χ2v) is 8.55. The van der Waals surface area contributed by atoms with Crippen LogP contribution in [0.15, 0.2) is 29.3 Å². The number of amides is 1. The molecule has 6 nitrogen and oxygen atoms in total. The van der Waals surface area contributed by atoms with Crippen molar-refractivity contribution in [2.45, 2.75) is 50.7 Å². The summed E-state index contributed by atoms with van der Waals surface area (Å²) in [5.74, 6) is 0.237. The maximum atomic E-state index is 13.2. The second kappa shape index (κ2) is 9.68. The van der Waals surface area contributed by atoms with E-state index in [-0.39, 0.29) is 18.0 Å². The predicted octanol–water partition coefficient (Wildman–Crippen LogP) is 2.83. The zero-order valence-corrected chi connectivity index (χ0v) is 17.9. The van der Waals surface area contributed by atoms with Gasteiger partial charge in [0.1, 0.15) is 0 Å². The van der Waals surface area contributed by atoms with Gasteiger partial charge in [-0.05, 0) is 45.2 Å². The van der Waals surface area contributed by atoms with Crippen molar-refractivity contribution in [1.82, 2.24) is 16.0 Å². The average Bonchev–Trinajstić information content (AvgIpc) is 2.67. The molecule has 168 valence electrons. The fourth-order valence-electron chi connectivity index (χ4n) is 3.46. The second-order valence-electron chi connectivity index (χ2n) is 8.55. The molecule has 3 N–H and O–H groups in total. The largest absolute Gasteiger partial charge is 0.416 e. The fourth-order valence-corrected chi connectivity index (χ4v) is 3.46. The molecule has 0 aliphatic carbocycles. The van der Waals surface area contributed by atoms with Gasteiger partial charge in [0, 0.05) is 37.8 Å². The molecule has 1 aromatic rings. The van der Waals surface area contributed by atoms with E-state index in [0.29, 0.717) is 44.1 Å². The maximum absolute atomic E-state index is 13.2. The summed E-state index contributed by atoms with van der Waals surface area (Å²) >= 11 is 0. The van der Waals surface area contributed by atoms with Crippen LogP contribution in [0.3, 0.4) is 0 Å². The summed E-state index contributed by atoms with van der Waals surface area (Å²) in [6, 6.07) is 5.48. The van der Waals surface area contributed by atoms with E-state index >= 15 is 0 Å². The van der Waals surface area contributed by atoms with E-state index in [0.717, 1.165) is 6.07 Å². The van der Waals surface area contributed by atoms with Gasteiger partial charge in [0.2, 0.25) is 5.91 Å². The van der Waals surface area contributed by atoms with Crippen LogP contribution in [0, 0.1) is 0 Å². The molecule has 1 aliphatic heterocycles. The Labute approximate surface area is 175 Å². The van der Waals surface area contributed by atoms with Gasteiger partial charge in [-0.15, -0.1) is 0 Å². The Hall–Kier alpha value is -2.29. The number of hydrogen-bond donors (Lipinski definition) is 3. The third-order valence-electron chi connectivity index (χ3n) is 5.00. The molecule has 0 unspecified atom stereocenters. The zero-order chi connectivity index (χ0) is 22.4. The summed E-state index contributed by atoms with van der Waals surface area (Å²) in [6.45, 7) is 7.02. The summed E-state index contributed by atoms with van der Waals surface area (Å²) in [7, 11) is 1.58. The smallest absolute Gasteiger partial charge is 0.381 e. The lowest BCUT2D eigenvalue weighted by Crippen LogP contribution is -2.51. The van der Waals surface area contributed by atoms with Crippen molar-refractivity contribution in [3.8, 4) is 0 Å². The molecule has 0 radical (unpaired) electrons. The molecular weight excluding hydrogens is 397 g/mol. The van der Waals surface area contributed by atoms with Crippen LogP contribution >= 0.6 is 0 Å². The lowest BCUT2D eigenvalue weighted by molar-refractivity contribution is -0.137. The van der Waals surface area contributed by atoms with Crippen LogP contribution in [0.25, 0.3) is 0 Å². The van der Waals surface area contributed by atoms with Crippen LogP contribution in [0.1, 0.15) is 44.7 Å². The number of guanidine groups is 1. The quantitative estimate of drug-likeness (QED) is 0.498. The molecule has 0 spiro atoms. The van der Waals surface area contributed by atoms with Gasteiger partial charge in [0.25, 0.3) is 0 Å². The number of benzene rings is 1. The Bertz CT molecular complexity index is 751. The normalized spacial score (nSPS) is 17.4. The van der Waals surface area contributed by atoms with Crippen molar-refractivity contribution in [3.63, 3.8) is 0 Å². The lowest BCUT2D eigenvalue weighted by atomic mass is 9.73. The highest BCUT2D eigenvalue weighted by Gasteiger charge is 2.37. The Morgan fingerprint density at radius 1 is 1.17 bits per heavy atom. The molecule has 2 rings (SSSR count). The highest BCUT2D eigenvalue weighted by Crippen LogP contribution is 2.37. The molecule has 0 saturated carbocycles. The predicted molar refractivity (Wildman–Crippen MR) is 110 cm³/mol. The minimum absolute atomic E-state index is 0.0383. The molecule has 1 saturated heterocycles. The first-order chi connectivity index (χ1) is 14.0. The van der Waals surface area contributed by atoms with Gasteiger partial charge >= 0.3 is 6.18 Å². The molecule has 1 fully saturated rings. The number of aliphatic imine (C=N–C) groups is 1. The first-order valence-electron chi connectivity index (χ1n) is 9.96. The van der Waals surface area contributed by atoms with E-state index in [9.17, 15) is 18.0 Å². The minimum atomic E-state index is -4.40. The summed E-state index contributed by atoms with van der Waals surface area (Å²) in [4.78, 5) is 16.1. The summed E-state index contributed by atoms with van der Waals surface area (Å²) in [5, 5.41) is 8.98. The van der Waals surface area contributed by atoms with E-state index < -0.39 is 17.2 Å². The zero-order valence-electron chi connectivity index (χ0n) is 17.9. The van der Waals surface area contributed by atoms with Crippen molar-refractivity contribution in [1.29, 1.82) is 0 Å². The summed E-state index contributed by atoms with van der Waals surface area (Å²) in [5.41, 5.74) is -0.905. The van der Waals surface area contributed by atoms with E-state index in [1.165, 1.54) is 12.1 Å². The standard InChI is InChI=1S/C21H31F3N4O2/c1-19(2,3)28-17(29)13-26-18(25-4)27-14-20(8-10-30-11-9-20)15-6-5-7-16(12-15)21(22,23)24/h5-7,12H,8-11,13-14H2,1-4H3,(H,28,29)(H2,25,26,27). The Morgan fingerprint density at radius 2 is 1.83 bits per heavy atom. The number of rotatable bonds is 5. The van der Waals surface area contributed by atoms with Crippen LogP contribution < -0.4 is 16.0 Å². The fraction of sp³-hybridized carbons (Fsp3) is 0.619. The lowest BCUT2D eigenvalue weighted by Gasteiger charge is -2.38. The van der Waals surface area contributed by atoms with Gasteiger partial charge in [0.15, 0.2) is 5.96 Å². The van der Waals surface area contributed by atoms with Gasteiger partial charge < -0.3 is 20.7 Å². The third-order valence-corrected chi connectivity index (χ3v) is 5.00. The molecule has 30 heavy (non-hydrogen) atoms. The molecule has 0 atom stereocenters. The number of carbonyl (C=O) groups is 1. The highest BCUT2D eigenvalue weighted by atomic mass is 19.4. The summed E-state index contributed by atoms with van der Waals surface area (Å²) in [6.07, 6.45) is -3.22. The Morgan fingerprint density at radius 3 is 2.40 bits per heavy atom. The number of carbonyl (C=O) groups excluding carboxylic acids is 1. The van der Waals surface area contributed by atoms with Crippen LogP contribution in [-0.4, -0.2) is 50.8 Å². The molecule has 0 aromatic heterocycles. The molecule has 1 aliphatic rings. The van der Waals surface area contributed by atoms with Crippen molar-refractivity contribution in [3.05, 3.63) is 35.4 Å². The van der Waals surface area contributed by atoms with Crippen LogP contribution in [0.5, 0.6) is 0 Å². The molecule has 1 aromatic carbocycles. The number of alkyl halides is 3. The molecular formula is C21H31F3N4O2. The van der Waals surface area contributed by atoms with Gasteiger partial charge in [-0.2, -0.15) is 13.2 Å². The van der Waals surface area contributed by atoms with Crippen molar-refractivity contribution in [2.24, 2.45) is 4.99 Å². The van der Waals surface area contributed by atoms with Crippen LogP contribution in [-0.2, 0) is 21.1 Å². The van der Waals surface area contributed by atoms with Gasteiger partial charge in [-0.3, -0.25) is 9.79 Å². The average molecular weight is 428 g/mol. The van der Waals surface area contributed by atoms with E-state index in [1.54, 1.807) is 13.1 Å². The van der Waals surface area contributed by atoms with Crippen LogP contribution in [0.2, 0.25) is 0 Å². The maximum Gasteiger partial charge on any atom is 0.416 e. The SMILES string of the molecule is CN=C(NCC(=O)NC(C)(C)C)NCC1(c2cccc(C(F)(F)F)c2)CCOCC1. The van der Waals surface area contributed by atoms with E-state index in [1.807, 2.05) is 20.8 Å². The number of ether oxygens (including phenoxy) is 1. The third kappa shape index (κ3) is 6.90. The molecule has 1 amide bonds. The van der Waals surface area contributed by atoms with Crippen molar-refractivity contribution >= 4 is 11.9 Å². The molecule has 1 heterocycles. The molecule has 0 bridgehead atoms. The van der Waals surface area contributed by atoms with Gasteiger partial charge in [0.05, 0.1) is 12.1 Å².